The first kappa shape index (κ1) is 19.4. The fourth-order valence-electron chi connectivity index (χ4n) is 3.57. The molecule has 6 nitrogen and oxygen atoms in total. The third-order valence-electron chi connectivity index (χ3n) is 5.04. The van der Waals surface area contributed by atoms with E-state index in [4.69, 9.17) is 4.74 Å². The van der Waals surface area contributed by atoms with Crippen molar-refractivity contribution in [2.75, 3.05) is 16.9 Å². The minimum absolute atomic E-state index is 0.0789. The van der Waals surface area contributed by atoms with E-state index in [0.29, 0.717) is 22.7 Å². The first-order chi connectivity index (χ1) is 14.6. The molecular weight excluding hydrogens is 380 g/mol. The molecule has 0 bridgehead atoms. The number of para-hydroxylation sites is 2. The summed E-state index contributed by atoms with van der Waals surface area (Å²) in [5.74, 6) is -0.485. The molecule has 30 heavy (non-hydrogen) atoms. The Bertz CT molecular complexity index is 1070. The summed E-state index contributed by atoms with van der Waals surface area (Å²) in [6, 6.07) is 23.4. The molecule has 1 fully saturated rings. The Labute approximate surface area is 174 Å². The second-order valence-electron chi connectivity index (χ2n) is 6.86. The molecule has 6 heteroatoms. The van der Waals surface area contributed by atoms with Gasteiger partial charge in [0.2, 0.25) is 5.91 Å². The van der Waals surface area contributed by atoms with E-state index in [2.05, 4.69) is 0 Å². The van der Waals surface area contributed by atoms with Gasteiger partial charge in [-0.25, -0.2) is 4.90 Å². The van der Waals surface area contributed by atoms with Crippen molar-refractivity contribution in [3.8, 4) is 5.75 Å². The molecule has 1 aliphatic rings. The minimum Gasteiger partial charge on any atom is -0.497 e. The van der Waals surface area contributed by atoms with Crippen molar-refractivity contribution in [2.24, 2.45) is 0 Å². The lowest BCUT2D eigenvalue weighted by Gasteiger charge is -2.28. The average molecular weight is 400 g/mol. The van der Waals surface area contributed by atoms with Gasteiger partial charge in [0.15, 0.2) is 0 Å². The van der Waals surface area contributed by atoms with Crippen LogP contribution in [0.25, 0.3) is 0 Å². The predicted molar refractivity (Wildman–Crippen MR) is 114 cm³/mol. The molecule has 0 spiro atoms. The third kappa shape index (κ3) is 3.55. The number of hydrogen-bond acceptors (Lipinski definition) is 4. The summed E-state index contributed by atoms with van der Waals surface area (Å²) in [6.45, 7) is 0. The minimum atomic E-state index is -0.922. The summed E-state index contributed by atoms with van der Waals surface area (Å²) in [7, 11) is 1.55. The smallest absolute Gasteiger partial charge is 0.259 e. The second kappa shape index (κ2) is 8.21. The van der Waals surface area contributed by atoms with Crippen LogP contribution >= 0.6 is 0 Å². The Balaban J connectivity index is 1.72. The molecular formula is C24H20N2O4. The first-order valence-electron chi connectivity index (χ1n) is 9.54. The van der Waals surface area contributed by atoms with Gasteiger partial charge in [-0.2, -0.15) is 0 Å². The summed E-state index contributed by atoms with van der Waals surface area (Å²) in [4.78, 5) is 42.0. The maximum atomic E-state index is 13.4. The lowest BCUT2D eigenvalue weighted by atomic mass is 10.1. The number of ether oxygens (including phenoxy) is 1. The zero-order valence-corrected chi connectivity index (χ0v) is 16.4. The van der Waals surface area contributed by atoms with Gasteiger partial charge in [0.1, 0.15) is 11.8 Å². The van der Waals surface area contributed by atoms with Gasteiger partial charge in [0.25, 0.3) is 11.8 Å². The van der Waals surface area contributed by atoms with Crippen molar-refractivity contribution >= 4 is 29.1 Å². The number of amides is 3. The number of nitrogens with zero attached hydrogens (tertiary/aromatic N) is 2. The number of carbonyl (C=O) groups excluding carboxylic acids is 3. The van der Waals surface area contributed by atoms with Gasteiger partial charge < -0.3 is 4.74 Å². The van der Waals surface area contributed by atoms with E-state index in [1.807, 2.05) is 12.1 Å². The summed E-state index contributed by atoms with van der Waals surface area (Å²) in [5, 5.41) is 0. The van der Waals surface area contributed by atoms with Crippen LogP contribution in [0.3, 0.4) is 0 Å². The molecule has 0 N–H and O–H groups in total. The van der Waals surface area contributed by atoms with Gasteiger partial charge >= 0.3 is 0 Å². The summed E-state index contributed by atoms with van der Waals surface area (Å²) < 4.78 is 5.16. The largest absolute Gasteiger partial charge is 0.497 e. The standard InChI is InChI=1S/C24H20N2O4/c1-30-20-14-12-17(13-15-20)23(28)25(18-8-4-2-5-9-18)21-16-22(27)26(24(21)29)19-10-6-3-7-11-19/h2-15,21H,16H2,1H3/t21-/m0/s1. The van der Waals surface area contributed by atoms with E-state index in [1.165, 1.54) is 4.90 Å². The molecule has 0 aromatic heterocycles. The number of imide groups is 1. The van der Waals surface area contributed by atoms with Crippen molar-refractivity contribution in [2.45, 2.75) is 12.5 Å². The summed E-state index contributed by atoms with van der Waals surface area (Å²) in [5.41, 5.74) is 1.46. The van der Waals surface area contributed by atoms with Crippen LogP contribution in [0.5, 0.6) is 5.75 Å². The molecule has 3 aromatic carbocycles. The van der Waals surface area contributed by atoms with Gasteiger partial charge in [0, 0.05) is 11.3 Å². The molecule has 0 unspecified atom stereocenters. The van der Waals surface area contributed by atoms with Crippen LogP contribution < -0.4 is 14.5 Å². The zero-order valence-electron chi connectivity index (χ0n) is 16.4. The molecule has 1 aliphatic heterocycles. The van der Waals surface area contributed by atoms with Crippen molar-refractivity contribution in [1.82, 2.24) is 0 Å². The van der Waals surface area contributed by atoms with Crippen molar-refractivity contribution < 1.29 is 19.1 Å². The number of benzene rings is 3. The first-order valence-corrected chi connectivity index (χ1v) is 9.54. The van der Waals surface area contributed by atoms with Gasteiger partial charge in [-0.1, -0.05) is 36.4 Å². The third-order valence-corrected chi connectivity index (χ3v) is 5.04. The number of anilines is 2. The highest BCUT2D eigenvalue weighted by Crippen LogP contribution is 2.30. The monoisotopic (exact) mass is 400 g/mol. The molecule has 4 rings (SSSR count). The Kier molecular flexibility index (Phi) is 5.30. The molecule has 3 amide bonds. The highest BCUT2D eigenvalue weighted by molar-refractivity contribution is 6.25. The number of carbonyl (C=O) groups is 3. The maximum absolute atomic E-state index is 13.4. The number of methoxy groups -OCH3 is 1. The average Bonchev–Trinajstić information content (AvgIpc) is 3.08. The second-order valence-corrected chi connectivity index (χ2v) is 6.86. The summed E-state index contributed by atoms with van der Waals surface area (Å²) >= 11 is 0. The molecule has 150 valence electrons. The van der Waals surface area contributed by atoms with E-state index in [0.717, 1.165) is 4.90 Å². The van der Waals surface area contributed by atoms with Crippen LogP contribution in [0.1, 0.15) is 16.8 Å². The molecule has 0 saturated carbocycles. The summed E-state index contributed by atoms with van der Waals surface area (Å²) in [6.07, 6.45) is -0.0789. The van der Waals surface area contributed by atoms with Crippen molar-refractivity contribution in [3.05, 3.63) is 90.5 Å². The zero-order chi connectivity index (χ0) is 21.1. The van der Waals surface area contributed by atoms with Gasteiger partial charge in [-0.15, -0.1) is 0 Å². The van der Waals surface area contributed by atoms with Crippen LogP contribution in [0, 0.1) is 0 Å². The molecule has 3 aromatic rings. The van der Waals surface area contributed by atoms with E-state index in [1.54, 1.807) is 79.9 Å². The van der Waals surface area contributed by atoms with E-state index >= 15 is 0 Å². The SMILES string of the molecule is COc1ccc(C(=O)N(c2ccccc2)[C@H]2CC(=O)N(c3ccccc3)C2=O)cc1. The molecule has 1 heterocycles. The topological polar surface area (TPSA) is 66.9 Å². The van der Waals surface area contributed by atoms with E-state index in [9.17, 15) is 14.4 Å². The van der Waals surface area contributed by atoms with Crippen LogP contribution in [-0.2, 0) is 9.59 Å². The molecule has 1 atom stereocenters. The van der Waals surface area contributed by atoms with Crippen LogP contribution in [0.2, 0.25) is 0 Å². The van der Waals surface area contributed by atoms with Crippen LogP contribution in [-0.4, -0.2) is 30.9 Å². The van der Waals surface area contributed by atoms with Crippen molar-refractivity contribution in [1.29, 1.82) is 0 Å². The maximum Gasteiger partial charge on any atom is 0.259 e. The predicted octanol–water partition coefficient (Wildman–Crippen LogP) is 3.67. The fraction of sp³-hybridized carbons (Fsp3) is 0.125. The lowest BCUT2D eigenvalue weighted by Crippen LogP contribution is -2.45. The number of rotatable bonds is 5. The Morgan fingerprint density at radius 2 is 1.50 bits per heavy atom. The van der Waals surface area contributed by atoms with Gasteiger partial charge in [-0.05, 0) is 48.5 Å². The highest BCUT2D eigenvalue weighted by Gasteiger charge is 2.45. The van der Waals surface area contributed by atoms with Crippen molar-refractivity contribution in [3.63, 3.8) is 0 Å². The van der Waals surface area contributed by atoms with Gasteiger partial charge in [0.05, 0.1) is 19.2 Å². The normalized spacial score (nSPS) is 15.9. The lowest BCUT2D eigenvalue weighted by molar-refractivity contribution is -0.121. The van der Waals surface area contributed by atoms with E-state index in [-0.39, 0.29) is 18.2 Å². The molecule has 0 radical (unpaired) electrons. The fourth-order valence-corrected chi connectivity index (χ4v) is 3.57. The van der Waals surface area contributed by atoms with Crippen LogP contribution in [0.4, 0.5) is 11.4 Å². The quantitative estimate of drug-likeness (QED) is 0.613. The highest BCUT2D eigenvalue weighted by atomic mass is 16.5. The Morgan fingerprint density at radius 3 is 2.10 bits per heavy atom. The molecule has 0 aliphatic carbocycles. The Morgan fingerprint density at radius 1 is 0.900 bits per heavy atom. The van der Waals surface area contributed by atoms with E-state index < -0.39 is 11.9 Å². The Hall–Kier alpha value is -3.93. The molecule has 1 saturated heterocycles. The van der Waals surface area contributed by atoms with Crippen LogP contribution in [0.15, 0.2) is 84.9 Å². The number of hydrogen-bond donors (Lipinski definition) is 0. The van der Waals surface area contributed by atoms with Gasteiger partial charge in [-0.3, -0.25) is 19.3 Å².